The molecule has 2 N–H and O–H groups in total. The molecule has 1 aromatic carbocycles. The predicted molar refractivity (Wildman–Crippen MR) is 85.2 cm³/mol. The minimum absolute atomic E-state index is 0.0123. The summed E-state index contributed by atoms with van der Waals surface area (Å²) in [6.45, 7) is 1.86. The minimum Gasteiger partial charge on any atom is -0.443 e. The highest BCUT2D eigenvalue weighted by Gasteiger charge is 2.30. The van der Waals surface area contributed by atoms with Gasteiger partial charge in [-0.05, 0) is 30.2 Å². The molecule has 0 atom stereocenters. The van der Waals surface area contributed by atoms with Crippen molar-refractivity contribution >= 4 is 39.3 Å². The summed E-state index contributed by atoms with van der Waals surface area (Å²) in [5.41, 5.74) is 6.14. The zero-order valence-electron chi connectivity index (χ0n) is 11.8. The molecule has 0 fully saturated rings. The number of primary amides is 1. The summed E-state index contributed by atoms with van der Waals surface area (Å²) in [6, 6.07) is 4.70. The third-order valence-corrected chi connectivity index (χ3v) is 5.00. The van der Waals surface area contributed by atoms with Gasteiger partial charge in [-0.2, -0.15) is 0 Å². The van der Waals surface area contributed by atoms with Crippen molar-refractivity contribution in [2.45, 2.75) is 24.7 Å². The van der Waals surface area contributed by atoms with Gasteiger partial charge in [-0.1, -0.05) is 37.1 Å². The van der Waals surface area contributed by atoms with E-state index >= 15 is 0 Å². The number of urea groups is 1. The summed E-state index contributed by atoms with van der Waals surface area (Å²) < 4.78 is 31.0. The first kappa shape index (κ1) is 18.6. The molecule has 122 valence electrons. The summed E-state index contributed by atoms with van der Waals surface area (Å²) in [5, 5.41) is -0.205. The molecule has 0 aromatic heterocycles. The second-order valence-corrected chi connectivity index (χ2v) is 6.65. The van der Waals surface area contributed by atoms with Crippen LogP contribution >= 0.6 is 23.2 Å². The molecule has 0 spiro atoms. The number of carbonyl (C=O) groups is 1. The Kier molecular flexibility index (Phi) is 6.99. The zero-order valence-corrected chi connectivity index (χ0v) is 14.2. The van der Waals surface area contributed by atoms with Crippen molar-refractivity contribution in [2.24, 2.45) is 5.73 Å². The van der Waals surface area contributed by atoms with Crippen LogP contribution in [0.2, 0.25) is 0 Å². The number of halogens is 2. The van der Waals surface area contributed by atoms with Crippen LogP contribution in [0.15, 0.2) is 39.9 Å². The van der Waals surface area contributed by atoms with E-state index in [9.17, 15) is 13.2 Å². The van der Waals surface area contributed by atoms with Gasteiger partial charge in [0.2, 0.25) is 5.22 Å². The van der Waals surface area contributed by atoms with Crippen LogP contribution < -0.4 is 10.5 Å². The van der Waals surface area contributed by atoms with E-state index in [0.717, 1.165) is 5.54 Å². The Bertz CT molecular complexity index is 662. The van der Waals surface area contributed by atoms with E-state index < -0.39 is 16.1 Å². The second-order valence-electron chi connectivity index (χ2n) is 4.23. The van der Waals surface area contributed by atoms with Crippen molar-refractivity contribution in [3.63, 3.8) is 0 Å². The third-order valence-electron chi connectivity index (χ3n) is 2.67. The number of sulfonamides is 1. The monoisotopic (exact) mass is 366 g/mol. The molecule has 2 amide bonds. The summed E-state index contributed by atoms with van der Waals surface area (Å²) in [7, 11) is -4.15. The average molecular weight is 367 g/mol. The van der Waals surface area contributed by atoms with Crippen molar-refractivity contribution < 1.29 is 17.9 Å². The Morgan fingerprint density at radius 3 is 2.59 bits per heavy atom. The van der Waals surface area contributed by atoms with Crippen molar-refractivity contribution in [3.05, 3.63) is 35.0 Å². The lowest BCUT2D eigenvalue weighted by Gasteiger charge is -2.21. The second kappa shape index (κ2) is 8.26. The van der Waals surface area contributed by atoms with E-state index in [4.69, 9.17) is 33.7 Å². The molecule has 22 heavy (non-hydrogen) atoms. The molecule has 0 unspecified atom stereocenters. The van der Waals surface area contributed by atoms with Crippen LogP contribution in [0.5, 0.6) is 5.75 Å². The number of hydrogen-bond acceptors (Lipinski definition) is 4. The van der Waals surface area contributed by atoms with Crippen molar-refractivity contribution in [2.75, 3.05) is 6.54 Å². The number of nitrogens with two attached hydrogens (primary N) is 1. The van der Waals surface area contributed by atoms with Crippen molar-refractivity contribution in [1.29, 1.82) is 0 Å². The van der Waals surface area contributed by atoms with E-state index in [1.54, 1.807) is 6.07 Å². The Hall–Kier alpha value is -1.44. The topological polar surface area (TPSA) is 89.7 Å². The van der Waals surface area contributed by atoms with Crippen LogP contribution in [-0.2, 0) is 10.0 Å². The lowest BCUT2D eigenvalue weighted by atomic mass is 10.3. The average Bonchev–Trinajstić information content (AvgIpc) is 2.47. The van der Waals surface area contributed by atoms with Crippen LogP contribution in [0.1, 0.15) is 19.8 Å². The van der Waals surface area contributed by atoms with Gasteiger partial charge in [-0.25, -0.2) is 17.5 Å². The summed E-state index contributed by atoms with van der Waals surface area (Å²) in [6.07, 6.45) is 1.20. The number of nitrogens with zero attached hydrogens (tertiary/aromatic N) is 1. The van der Waals surface area contributed by atoms with E-state index in [1.807, 2.05) is 6.92 Å². The highest BCUT2D eigenvalue weighted by atomic mass is 35.5. The van der Waals surface area contributed by atoms with Gasteiger partial charge < -0.3 is 10.5 Å². The minimum atomic E-state index is -4.15. The number of benzene rings is 1. The summed E-state index contributed by atoms with van der Waals surface area (Å²) >= 11 is 11.1. The van der Waals surface area contributed by atoms with Crippen LogP contribution in [0.25, 0.3) is 0 Å². The third kappa shape index (κ3) is 4.53. The first-order valence-corrected chi connectivity index (χ1v) is 8.65. The number of unbranched alkanes of at least 4 members (excludes halogenated alkanes) is 1. The van der Waals surface area contributed by atoms with E-state index in [1.165, 1.54) is 18.2 Å². The Morgan fingerprint density at radius 1 is 1.41 bits per heavy atom. The smallest absolute Gasteiger partial charge is 0.328 e. The van der Waals surface area contributed by atoms with Gasteiger partial charge >= 0.3 is 6.03 Å². The fraction of sp³-hybridized carbons (Fsp3) is 0.308. The van der Waals surface area contributed by atoms with Gasteiger partial charge in [0.25, 0.3) is 10.0 Å². The number of carbonyl (C=O) groups excluding carboxylic acids is 1. The number of para-hydroxylation sites is 1. The highest BCUT2D eigenvalue weighted by molar-refractivity contribution is 7.89. The molecule has 0 bridgehead atoms. The first-order chi connectivity index (χ1) is 10.3. The molecule has 9 heteroatoms. The van der Waals surface area contributed by atoms with Gasteiger partial charge in [0, 0.05) is 6.54 Å². The van der Waals surface area contributed by atoms with Gasteiger partial charge in [0.05, 0.1) is 5.54 Å². The van der Waals surface area contributed by atoms with Gasteiger partial charge in [-0.15, -0.1) is 0 Å². The first-order valence-electron chi connectivity index (χ1n) is 6.39. The largest absolute Gasteiger partial charge is 0.443 e. The van der Waals surface area contributed by atoms with Crippen molar-refractivity contribution in [3.8, 4) is 5.75 Å². The Labute approximate surface area is 139 Å². The molecule has 0 aliphatic rings. The molecule has 0 heterocycles. The van der Waals surface area contributed by atoms with Crippen LogP contribution in [0.4, 0.5) is 4.79 Å². The number of amides is 2. The fourth-order valence-electron chi connectivity index (χ4n) is 1.64. The Balaban J connectivity index is 3.29. The molecule has 0 aliphatic carbocycles. The van der Waals surface area contributed by atoms with Gasteiger partial charge in [0.15, 0.2) is 0 Å². The Morgan fingerprint density at radius 2 is 2.05 bits per heavy atom. The van der Waals surface area contributed by atoms with E-state index in [-0.39, 0.29) is 22.4 Å². The maximum atomic E-state index is 12.6. The lowest BCUT2D eigenvalue weighted by Crippen LogP contribution is -2.41. The van der Waals surface area contributed by atoms with Crippen LogP contribution in [-0.4, -0.2) is 25.3 Å². The maximum absolute atomic E-state index is 12.6. The van der Waals surface area contributed by atoms with E-state index in [0.29, 0.717) is 17.1 Å². The van der Waals surface area contributed by atoms with E-state index in [2.05, 4.69) is 0 Å². The molecule has 0 aliphatic heterocycles. The normalized spacial score (nSPS) is 12.0. The van der Waals surface area contributed by atoms with Crippen LogP contribution in [0, 0.1) is 0 Å². The molecule has 1 rings (SSSR count). The molecule has 0 radical (unpaired) electrons. The molecule has 0 saturated carbocycles. The van der Waals surface area contributed by atoms with Gasteiger partial charge in [-0.3, -0.25) is 0 Å². The highest BCUT2D eigenvalue weighted by Crippen LogP contribution is 2.29. The van der Waals surface area contributed by atoms with Gasteiger partial charge in [0.1, 0.15) is 10.6 Å². The number of ether oxygens (including phenoxy) is 1. The molecule has 6 nitrogen and oxygen atoms in total. The number of hydrogen-bond donors (Lipinski definition) is 1. The lowest BCUT2D eigenvalue weighted by molar-refractivity contribution is 0.231. The fourth-order valence-corrected chi connectivity index (χ4v) is 3.23. The SMILES string of the molecule is CCCCN(C(N)=O)S(=O)(=O)c1ccccc1OC(Cl)=CCl. The zero-order chi connectivity index (χ0) is 16.8. The molecule has 1 aromatic rings. The number of rotatable bonds is 7. The van der Waals surface area contributed by atoms with Crippen LogP contribution in [0.3, 0.4) is 0 Å². The molecular formula is C13H16Cl2N2O4S. The van der Waals surface area contributed by atoms with Crippen molar-refractivity contribution in [1.82, 2.24) is 4.31 Å². The molecule has 0 saturated heterocycles. The quantitative estimate of drug-likeness (QED) is 0.750. The summed E-state index contributed by atoms with van der Waals surface area (Å²) in [4.78, 5) is 11.3. The standard InChI is InChI=1S/C13H16Cl2N2O4S/c1-2-3-8-17(13(16)18)22(19,20)11-7-5-4-6-10(11)21-12(15)9-14/h4-7,9H,2-3,8H2,1H3,(H2,16,18). The molecular weight excluding hydrogens is 351 g/mol. The predicted octanol–water partition coefficient (Wildman–Crippen LogP) is 3.21. The maximum Gasteiger partial charge on any atom is 0.328 e. The summed E-state index contributed by atoms with van der Waals surface area (Å²) in [5.74, 6) is -0.0489.